The molecule has 6 nitrogen and oxygen atoms in total. The summed E-state index contributed by atoms with van der Waals surface area (Å²) in [6.45, 7) is 1.14. The molecule has 6 heteroatoms. The highest BCUT2D eigenvalue weighted by molar-refractivity contribution is 5.94. The Bertz CT molecular complexity index is 485. The Morgan fingerprint density at radius 1 is 1.40 bits per heavy atom. The normalized spacial score (nSPS) is 18.6. The van der Waals surface area contributed by atoms with Crippen LogP contribution < -0.4 is 4.74 Å². The van der Waals surface area contributed by atoms with E-state index in [1.165, 1.54) is 0 Å². The first kappa shape index (κ1) is 14.3. The highest BCUT2D eigenvalue weighted by Crippen LogP contribution is 2.16. The minimum absolute atomic E-state index is 0.0909. The van der Waals surface area contributed by atoms with Crippen LogP contribution in [0, 0.1) is 0 Å². The molecule has 1 aromatic rings. The SMILES string of the molecule is COc1ccc(C(=O)N2CCOC(CC(=O)O)C2)cc1. The van der Waals surface area contributed by atoms with Crippen LogP contribution in [0.1, 0.15) is 16.8 Å². The van der Waals surface area contributed by atoms with Gasteiger partial charge in [-0.2, -0.15) is 0 Å². The van der Waals surface area contributed by atoms with Crippen molar-refractivity contribution in [1.82, 2.24) is 4.90 Å². The minimum Gasteiger partial charge on any atom is -0.497 e. The molecule has 1 atom stereocenters. The first-order valence-electron chi connectivity index (χ1n) is 6.37. The van der Waals surface area contributed by atoms with Gasteiger partial charge in [0.05, 0.1) is 26.2 Å². The quantitative estimate of drug-likeness (QED) is 0.890. The van der Waals surface area contributed by atoms with Crippen LogP contribution in [0.2, 0.25) is 0 Å². The second kappa shape index (κ2) is 6.38. The summed E-state index contributed by atoms with van der Waals surface area (Å²) in [6, 6.07) is 6.84. The lowest BCUT2D eigenvalue weighted by molar-refractivity contribution is -0.141. The highest BCUT2D eigenvalue weighted by atomic mass is 16.5. The summed E-state index contributed by atoms with van der Waals surface area (Å²) in [5.41, 5.74) is 0.557. The fourth-order valence-corrected chi connectivity index (χ4v) is 2.14. The van der Waals surface area contributed by atoms with Gasteiger partial charge in [-0.25, -0.2) is 0 Å². The molecule has 1 aromatic carbocycles. The highest BCUT2D eigenvalue weighted by Gasteiger charge is 2.26. The zero-order valence-electron chi connectivity index (χ0n) is 11.2. The summed E-state index contributed by atoms with van der Waals surface area (Å²) in [4.78, 5) is 24.6. The van der Waals surface area contributed by atoms with Gasteiger partial charge in [-0.3, -0.25) is 9.59 Å². The van der Waals surface area contributed by atoms with Gasteiger partial charge in [-0.1, -0.05) is 0 Å². The molecule has 1 amide bonds. The van der Waals surface area contributed by atoms with Crippen LogP contribution in [0.5, 0.6) is 5.75 Å². The molecule has 1 saturated heterocycles. The van der Waals surface area contributed by atoms with Crippen molar-refractivity contribution in [2.45, 2.75) is 12.5 Å². The van der Waals surface area contributed by atoms with E-state index in [1.807, 2.05) is 0 Å². The van der Waals surface area contributed by atoms with E-state index in [9.17, 15) is 9.59 Å². The molecule has 1 N–H and O–H groups in total. The molecule has 2 rings (SSSR count). The maximum atomic E-state index is 12.3. The number of hydrogen-bond acceptors (Lipinski definition) is 4. The molecule has 0 radical (unpaired) electrons. The maximum absolute atomic E-state index is 12.3. The molecule has 108 valence electrons. The molecule has 1 heterocycles. The van der Waals surface area contributed by atoms with E-state index in [0.717, 1.165) is 0 Å². The molecular weight excluding hydrogens is 262 g/mol. The molecule has 1 aliphatic rings. The molecule has 0 bridgehead atoms. The summed E-state index contributed by atoms with van der Waals surface area (Å²) >= 11 is 0. The van der Waals surface area contributed by atoms with Crippen molar-refractivity contribution in [1.29, 1.82) is 0 Å². The number of nitrogens with zero attached hydrogens (tertiary/aromatic N) is 1. The zero-order chi connectivity index (χ0) is 14.5. The summed E-state index contributed by atoms with van der Waals surface area (Å²) in [5.74, 6) is -0.354. The molecule has 1 aliphatic heterocycles. The Balaban J connectivity index is 2.02. The average Bonchev–Trinajstić information content (AvgIpc) is 2.46. The molecule has 0 saturated carbocycles. The Morgan fingerprint density at radius 3 is 2.70 bits per heavy atom. The number of carbonyl (C=O) groups excluding carboxylic acids is 1. The molecule has 0 aromatic heterocycles. The molecule has 0 spiro atoms. The average molecular weight is 279 g/mol. The Kier molecular flexibility index (Phi) is 4.57. The largest absolute Gasteiger partial charge is 0.497 e. The van der Waals surface area contributed by atoms with Crippen LogP contribution in [0.4, 0.5) is 0 Å². The summed E-state index contributed by atoms with van der Waals surface area (Å²) < 4.78 is 10.4. The summed E-state index contributed by atoms with van der Waals surface area (Å²) in [6.07, 6.45) is -0.532. The Labute approximate surface area is 116 Å². The maximum Gasteiger partial charge on any atom is 0.306 e. The van der Waals surface area contributed by atoms with Crippen molar-refractivity contribution in [2.75, 3.05) is 26.8 Å². The number of ether oxygens (including phenoxy) is 2. The monoisotopic (exact) mass is 279 g/mol. The van der Waals surface area contributed by atoms with Crippen molar-refractivity contribution in [3.8, 4) is 5.75 Å². The third kappa shape index (κ3) is 3.48. The predicted octanol–water partition coefficient (Wildman–Crippen LogP) is 1.01. The number of carboxylic acids is 1. The second-order valence-corrected chi connectivity index (χ2v) is 4.57. The van der Waals surface area contributed by atoms with E-state index in [0.29, 0.717) is 31.0 Å². The second-order valence-electron chi connectivity index (χ2n) is 4.57. The van der Waals surface area contributed by atoms with E-state index < -0.39 is 12.1 Å². The van der Waals surface area contributed by atoms with Crippen LogP contribution in [-0.4, -0.2) is 54.8 Å². The third-order valence-electron chi connectivity index (χ3n) is 3.17. The fraction of sp³-hybridized carbons (Fsp3) is 0.429. The molecule has 20 heavy (non-hydrogen) atoms. The number of aliphatic carboxylic acids is 1. The van der Waals surface area contributed by atoms with Gasteiger partial charge in [-0.05, 0) is 24.3 Å². The van der Waals surface area contributed by atoms with Crippen molar-refractivity contribution >= 4 is 11.9 Å². The number of rotatable bonds is 4. The van der Waals surface area contributed by atoms with Gasteiger partial charge in [-0.15, -0.1) is 0 Å². The smallest absolute Gasteiger partial charge is 0.306 e. The summed E-state index contributed by atoms with van der Waals surface area (Å²) in [7, 11) is 1.56. The van der Waals surface area contributed by atoms with E-state index in [4.69, 9.17) is 14.6 Å². The lowest BCUT2D eigenvalue weighted by Crippen LogP contribution is -2.46. The number of carboxylic acid groups (broad SMARTS) is 1. The van der Waals surface area contributed by atoms with Gasteiger partial charge < -0.3 is 19.5 Å². The lowest BCUT2D eigenvalue weighted by Gasteiger charge is -2.32. The number of hydrogen-bond donors (Lipinski definition) is 1. The van der Waals surface area contributed by atoms with Crippen molar-refractivity contribution < 1.29 is 24.2 Å². The number of morpholine rings is 1. The van der Waals surface area contributed by atoms with Gasteiger partial charge in [0.25, 0.3) is 5.91 Å². The fourth-order valence-electron chi connectivity index (χ4n) is 2.14. The van der Waals surface area contributed by atoms with E-state index in [1.54, 1.807) is 36.3 Å². The number of benzene rings is 1. The van der Waals surface area contributed by atoms with Crippen molar-refractivity contribution in [3.63, 3.8) is 0 Å². The topological polar surface area (TPSA) is 76.1 Å². The van der Waals surface area contributed by atoms with Gasteiger partial charge in [0.2, 0.25) is 0 Å². The number of amides is 1. The van der Waals surface area contributed by atoms with E-state index in [-0.39, 0.29) is 12.3 Å². The lowest BCUT2D eigenvalue weighted by atomic mass is 10.1. The molecule has 1 fully saturated rings. The van der Waals surface area contributed by atoms with E-state index >= 15 is 0 Å². The van der Waals surface area contributed by atoms with Gasteiger partial charge >= 0.3 is 5.97 Å². The Morgan fingerprint density at radius 2 is 2.10 bits per heavy atom. The first-order chi connectivity index (χ1) is 9.60. The number of methoxy groups -OCH3 is 1. The Hall–Kier alpha value is -2.08. The van der Waals surface area contributed by atoms with Crippen LogP contribution in [0.15, 0.2) is 24.3 Å². The van der Waals surface area contributed by atoms with Crippen LogP contribution in [-0.2, 0) is 9.53 Å². The van der Waals surface area contributed by atoms with Crippen LogP contribution in [0.25, 0.3) is 0 Å². The van der Waals surface area contributed by atoms with E-state index in [2.05, 4.69) is 0 Å². The van der Waals surface area contributed by atoms with Gasteiger partial charge in [0, 0.05) is 18.7 Å². The molecular formula is C14H17NO5. The number of carbonyl (C=O) groups is 2. The molecule has 1 unspecified atom stereocenters. The third-order valence-corrected chi connectivity index (χ3v) is 3.17. The summed E-state index contributed by atoms with van der Waals surface area (Å²) in [5, 5.41) is 8.77. The van der Waals surface area contributed by atoms with Crippen molar-refractivity contribution in [3.05, 3.63) is 29.8 Å². The molecule has 0 aliphatic carbocycles. The van der Waals surface area contributed by atoms with Gasteiger partial charge in [0.1, 0.15) is 5.75 Å². The zero-order valence-corrected chi connectivity index (χ0v) is 11.2. The van der Waals surface area contributed by atoms with Crippen LogP contribution >= 0.6 is 0 Å². The minimum atomic E-state index is -0.922. The van der Waals surface area contributed by atoms with Crippen molar-refractivity contribution in [2.24, 2.45) is 0 Å². The first-order valence-corrected chi connectivity index (χ1v) is 6.37. The van der Waals surface area contributed by atoms with Crippen LogP contribution in [0.3, 0.4) is 0 Å². The standard InChI is InChI=1S/C14H17NO5/c1-19-11-4-2-10(3-5-11)14(18)15-6-7-20-12(9-15)8-13(16)17/h2-5,12H,6-9H2,1H3,(H,16,17). The van der Waals surface area contributed by atoms with Gasteiger partial charge in [0.15, 0.2) is 0 Å². The predicted molar refractivity (Wildman–Crippen MR) is 70.9 cm³/mol.